The van der Waals surface area contributed by atoms with Crippen LogP contribution in [0.3, 0.4) is 0 Å². The van der Waals surface area contributed by atoms with Gasteiger partial charge >= 0.3 is 0 Å². The van der Waals surface area contributed by atoms with Crippen molar-refractivity contribution in [3.63, 3.8) is 0 Å². The summed E-state index contributed by atoms with van der Waals surface area (Å²) < 4.78 is 10.8. The second-order valence-electron chi connectivity index (χ2n) is 7.11. The monoisotopic (exact) mass is 429 g/mol. The molecule has 0 saturated carbocycles. The van der Waals surface area contributed by atoms with Crippen LogP contribution in [0.25, 0.3) is 10.9 Å². The zero-order chi connectivity index (χ0) is 22.5. The molecule has 4 aromatic rings. The number of aromatic nitrogens is 2. The topological polar surface area (TPSA) is 84.5 Å². The average molecular weight is 429 g/mol. The second-order valence-corrected chi connectivity index (χ2v) is 7.11. The van der Waals surface area contributed by atoms with Gasteiger partial charge in [0.25, 0.3) is 11.5 Å². The number of hydrogen-bond acceptors (Lipinski definition) is 5. The van der Waals surface area contributed by atoms with Gasteiger partial charge in [0.2, 0.25) is 0 Å². The predicted octanol–water partition coefficient (Wildman–Crippen LogP) is 4.18. The van der Waals surface area contributed by atoms with Crippen molar-refractivity contribution in [2.24, 2.45) is 0 Å². The van der Waals surface area contributed by atoms with Gasteiger partial charge in [-0.1, -0.05) is 6.07 Å². The maximum atomic E-state index is 13.3. The molecule has 0 aliphatic heterocycles. The quantitative estimate of drug-likeness (QED) is 0.476. The number of amides is 1. The van der Waals surface area contributed by atoms with Crippen LogP contribution >= 0.6 is 0 Å². The third-order valence-corrected chi connectivity index (χ3v) is 5.05. The molecule has 162 valence electrons. The van der Waals surface area contributed by atoms with Gasteiger partial charge in [-0.3, -0.25) is 14.6 Å². The van der Waals surface area contributed by atoms with Crippen molar-refractivity contribution in [1.29, 1.82) is 0 Å². The predicted molar refractivity (Wildman–Crippen MR) is 123 cm³/mol. The van der Waals surface area contributed by atoms with Gasteiger partial charge in [-0.2, -0.15) is 0 Å². The van der Waals surface area contributed by atoms with E-state index in [-0.39, 0.29) is 18.0 Å². The Kier molecular flexibility index (Phi) is 6.17. The van der Waals surface area contributed by atoms with Gasteiger partial charge < -0.3 is 19.4 Å². The van der Waals surface area contributed by atoms with E-state index >= 15 is 0 Å². The van der Waals surface area contributed by atoms with Gasteiger partial charge in [-0.05, 0) is 67.6 Å². The Balaban J connectivity index is 1.75. The molecule has 0 aliphatic carbocycles. The van der Waals surface area contributed by atoms with E-state index < -0.39 is 0 Å². The summed E-state index contributed by atoms with van der Waals surface area (Å²) in [5.41, 5.74) is 1.82. The summed E-state index contributed by atoms with van der Waals surface area (Å²) in [7, 11) is 1.58. The normalized spacial score (nSPS) is 10.7. The highest BCUT2D eigenvalue weighted by Gasteiger charge is 2.21. The van der Waals surface area contributed by atoms with Gasteiger partial charge in [0.1, 0.15) is 17.2 Å². The molecule has 0 bridgehead atoms. The Morgan fingerprint density at radius 2 is 1.81 bits per heavy atom. The number of carbonyl (C=O) groups is 1. The lowest BCUT2D eigenvalue weighted by atomic mass is 10.1. The van der Waals surface area contributed by atoms with Gasteiger partial charge in [0.05, 0.1) is 20.3 Å². The fourth-order valence-electron chi connectivity index (χ4n) is 3.44. The van der Waals surface area contributed by atoms with E-state index in [1.165, 1.54) is 4.90 Å². The molecule has 0 spiro atoms. The lowest BCUT2D eigenvalue weighted by Gasteiger charge is -2.23. The molecule has 1 amide bonds. The molecule has 0 unspecified atom stereocenters. The fourth-order valence-corrected chi connectivity index (χ4v) is 3.44. The molecule has 7 heteroatoms. The number of methoxy groups -OCH3 is 1. The first kappa shape index (κ1) is 21.1. The smallest absolute Gasteiger partial charge is 0.277 e. The number of anilines is 1. The van der Waals surface area contributed by atoms with Crippen LogP contribution in [0.4, 0.5) is 5.69 Å². The first-order valence-electron chi connectivity index (χ1n) is 10.2. The molecule has 2 aromatic carbocycles. The second kappa shape index (κ2) is 9.34. The third-order valence-electron chi connectivity index (χ3n) is 5.05. The van der Waals surface area contributed by atoms with E-state index in [0.29, 0.717) is 34.8 Å². The molecule has 1 N–H and O–H groups in total. The van der Waals surface area contributed by atoms with Crippen molar-refractivity contribution in [1.82, 2.24) is 9.97 Å². The Morgan fingerprint density at radius 1 is 1.03 bits per heavy atom. The number of benzene rings is 2. The highest BCUT2D eigenvalue weighted by atomic mass is 16.5. The number of fused-ring (bicyclic) bond motifs is 1. The molecular formula is C25H23N3O4. The van der Waals surface area contributed by atoms with E-state index in [1.54, 1.807) is 61.8 Å². The van der Waals surface area contributed by atoms with E-state index in [9.17, 15) is 9.59 Å². The fraction of sp³-hybridized carbons (Fsp3) is 0.160. The minimum atomic E-state index is -0.307. The van der Waals surface area contributed by atoms with Crippen LogP contribution in [0.5, 0.6) is 11.5 Å². The molecule has 7 nitrogen and oxygen atoms in total. The first-order chi connectivity index (χ1) is 15.6. The summed E-state index contributed by atoms with van der Waals surface area (Å²) in [6.45, 7) is 2.54. The number of nitrogens with zero attached hydrogens (tertiary/aromatic N) is 2. The highest BCUT2D eigenvalue weighted by Crippen LogP contribution is 2.24. The molecule has 2 heterocycles. The number of pyridine rings is 2. The van der Waals surface area contributed by atoms with Crippen molar-refractivity contribution in [3.05, 3.63) is 94.5 Å². The van der Waals surface area contributed by atoms with E-state index in [0.717, 1.165) is 11.1 Å². The minimum Gasteiger partial charge on any atom is -0.497 e. The Labute approximate surface area is 185 Å². The van der Waals surface area contributed by atoms with Crippen LogP contribution in [0.15, 0.2) is 77.7 Å². The summed E-state index contributed by atoms with van der Waals surface area (Å²) in [6.07, 6.45) is 1.57. The lowest BCUT2D eigenvalue weighted by molar-refractivity contribution is 0.0980. The molecule has 0 fully saturated rings. The van der Waals surface area contributed by atoms with Gasteiger partial charge in [-0.25, -0.2) is 0 Å². The zero-order valence-electron chi connectivity index (χ0n) is 17.9. The molecule has 0 radical (unpaired) electrons. The molecule has 32 heavy (non-hydrogen) atoms. The van der Waals surface area contributed by atoms with Crippen LogP contribution in [0.2, 0.25) is 0 Å². The number of aromatic amines is 1. The summed E-state index contributed by atoms with van der Waals surface area (Å²) in [4.78, 5) is 34.7. The number of hydrogen-bond donors (Lipinski definition) is 1. The van der Waals surface area contributed by atoms with Crippen molar-refractivity contribution in [3.8, 4) is 11.5 Å². The number of rotatable bonds is 7. The summed E-state index contributed by atoms with van der Waals surface area (Å²) >= 11 is 0. The van der Waals surface area contributed by atoms with Crippen LogP contribution in [-0.2, 0) is 6.54 Å². The first-order valence-corrected chi connectivity index (χ1v) is 10.2. The van der Waals surface area contributed by atoms with Crippen LogP contribution in [0, 0.1) is 0 Å². The highest BCUT2D eigenvalue weighted by molar-refractivity contribution is 6.04. The van der Waals surface area contributed by atoms with Crippen molar-refractivity contribution in [2.75, 3.05) is 18.6 Å². The summed E-state index contributed by atoms with van der Waals surface area (Å²) in [6, 6.07) is 19.5. The van der Waals surface area contributed by atoms with E-state index in [1.807, 2.05) is 25.1 Å². The number of H-pyrrole nitrogens is 1. The Morgan fingerprint density at radius 3 is 2.50 bits per heavy atom. The zero-order valence-corrected chi connectivity index (χ0v) is 17.9. The Hall–Kier alpha value is -4.13. The van der Waals surface area contributed by atoms with Crippen molar-refractivity contribution >= 4 is 22.5 Å². The average Bonchev–Trinajstić information content (AvgIpc) is 2.83. The Bertz CT molecular complexity index is 1280. The van der Waals surface area contributed by atoms with Crippen molar-refractivity contribution < 1.29 is 14.3 Å². The van der Waals surface area contributed by atoms with Crippen LogP contribution in [0.1, 0.15) is 23.0 Å². The largest absolute Gasteiger partial charge is 0.497 e. The number of nitrogens with one attached hydrogen (secondary N) is 1. The molecule has 0 aliphatic rings. The summed E-state index contributed by atoms with van der Waals surface area (Å²) in [5, 5.41) is 0.825. The molecule has 2 aromatic heterocycles. The third kappa shape index (κ3) is 4.46. The summed E-state index contributed by atoms with van der Waals surface area (Å²) in [5.74, 6) is 1.08. The molecule has 0 saturated heterocycles. The minimum absolute atomic E-state index is 0.0753. The maximum absolute atomic E-state index is 13.3. The molecule has 4 rings (SSSR count). The number of carbonyl (C=O) groups excluding carboxylic acids is 1. The van der Waals surface area contributed by atoms with E-state index in [2.05, 4.69) is 9.97 Å². The maximum Gasteiger partial charge on any atom is 0.277 e. The van der Waals surface area contributed by atoms with Crippen molar-refractivity contribution in [2.45, 2.75) is 13.5 Å². The van der Waals surface area contributed by atoms with Crippen LogP contribution < -0.4 is 19.9 Å². The van der Waals surface area contributed by atoms with Gasteiger partial charge in [0, 0.05) is 28.4 Å². The SMILES string of the molecule is CCOc1ccc2[nH]c(=O)c(CN(C(=O)c3ccccn3)c3ccc(OC)cc3)cc2c1. The van der Waals surface area contributed by atoms with Gasteiger partial charge in [0.15, 0.2) is 0 Å². The van der Waals surface area contributed by atoms with E-state index in [4.69, 9.17) is 9.47 Å². The number of ether oxygens (including phenoxy) is 2. The molecular weight excluding hydrogens is 406 g/mol. The van der Waals surface area contributed by atoms with Gasteiger partial charge in [-0.15, -0.1) is 0 Å². The lowest BCUT2D eigenvalue weighted by Crippen LogP contribution is -2.33. The van der Waals surface area contributed by atoms with Crippen LogP contribution in [-0.4, -0.2) is 29.6 Å². The molecule has 0 atom stereocenters. The standard InChI is InChI=1S/C25H23N3O4/c1-3-32-21-11-12-22-17(15-21)14-18(24(29)27-22)16-28(19-7-9-20(31-2)10-8-19)25(30)23-6-4-5-13-26-23/h4-15H,3,16H2,1-2H3,(H,27,29).